The van der Waals surface area contributed by atoms with E-state index in [4.69, 9.17) is 0 Å². The molecule has 0 aliphatic heterocycles. The van der Waals surface area contributed by atoms with Gasteiger partial charge in [0.25, 0.3) is 5.91 Å². The Morgan fingerprint density at radius 1 is 0.791 bits per heavy atom. The molecule has 1 amide bonds. The standard InChI is InChI=1S/C34H27F3N2O3S/c1-21-5-4-8-31(32(21)23-9-13-27(14-10-23)34(35,36)37)33(40)38-28-15-11-25-17-29(19-26(25)18-28)39-43(41,42)30-16-12-22-6-2-3-7-24(22)20-30/h2-16,18,20,29,39H,17,19H2,1H3,(H,38,40). The number of aryl methyl sites for hydroxylation is 1. The maximum absolute atomic E-state index is 13.4. The second kappa shape index (κ2) is 11.0. The molecule has 0 radical (unpaired) electrons. The van der Waals surface area contributed by atoms with Crippen LogP contribution in [0.2, 0.25) is 0 Å². The van der Waals surface area contributed by atoms with Gasteiger partial charge in [0, 0.05) is 17.3 Å². The molecule has 43 heavy (non-hydrogen) atoms. The molecule has 218 valence electrons. The van der Waals surface area contributed by atoms with Gasteiger partial charge in [0.1, 0.15) is 0 Å². The number of carbonyl (C=O) groups is 1. The van der Waals surface area contributed by atoms with E-state index in [9.17, 15) is 26.4 Å². The fourth-order valence-corrected chi connectivity index (χ4v) is 6.94. The molecule has 0 aromatic heterocycles. The first kappa shape index (κ1) is 28.6. The molecular weight excluding hydrogens is 573 g/mol. The van der Waals surface area contributed by atoms with Gasteiger partial charge in [-0.05, 0) is 101 Å². The third-order valence-corrected chi connectivity index (χ3v) is 9.29. The highest BCUT2D eigenvalue weighted by Gasteiger charge is 2.30. The molecule has 1 unspecified atom stereocenters. The molecule has 5 aromatic rings. The second-order valence-electron chi connectivity index (χ2n) is 10.7. The Balaban J connectivity index is 1.18. The lowest BCUT2D eigenvalue weighted by Gasteiger charge is -2.15. The number of anilines is 1. The molecular formula is C34H27F3N2O3S. The SMILES string of the molecule is Cc1cccc(C(=O)Nc2ccc3c(c2)CC(NS(=O)(=O)c2ccc4ccccc4c2)C3)c1-c1ccc(C(F)(F)F)cc1. The van der Waals surface area contributed by atoms with Gasteiger partial charge in [0.2, 0.25) is 10.0 Å². The van der Waals surface area contributed by atoms with Crippen LogP contribution in [0.25, 0.3) is 21.9 Å². The van der Waals surface area contributed by atoms with Crippen molar-refractivity contribution in [3.05, 3.63) is 131 Å². The Kier molecular flexibility index (Phi) is 7.31. The van der Waals surface area contributed by atoms with E-state index >= 15 is 0 Å². The van der Waals surface area contributed by atoms with Gasteiger partial charge in [-0.1, -0.05) is 60.7 Å². The van der Waals surface area contributed by atoms with Crippen LogP contribution in [-0.2, 0) is 29.0 Å². The van der Waals surface area contributed by atoms with E-state index in [1.54, 1.807) is 49.4 Å². The summed E-state index contributed by atoms with van der Waals surface area (Å²) in [6.07, 6.45) is -3.47. The van der Waals surface area contributed by atoms with Crippen molar-refractivity contribution in [1.82, 2.24) is 4.72 Å². The highest BCUT2D eigenvalue weighted by atomic mass is 32.2. The molecule has 0 heterocycles. The molecule has 6 rings (SSSR count). The molecule has 1 aliphatic carbocycles. The van der Waals surface area contributed by atoms with Gasteiger partial charge >= 0.3 is 6.18 Å². The van der Waals surface area contributed by atoms with Crippen molar-refractivity contribution in [2.45, 2.75) is 36.9 Å². The summed E-state index contributed by atoms with van der Waals surface area (Å²) in [6.45, 7) is 1.80. The Hall–Kier alpha value is -4.47. The van der Waals surface area contributed by atoms with Crippen LogP contribution in [0.5, 0.6) is 0 Å². The van der Waals surface area contributed by atoms with Crippen molar-refractivity contribution in [2.24, 2.45) is 0 Å². The quantitative estimate of drug-likeness (QED) is 0.212. The summed E-state index contributed by atoms with van der Waals surface area (Å²) in [5, 5.41) is 4.71. The lowest BCUT2D eigenvalue weighted by molar-refractivity contribution is -0.137. The van der Waals surface area contributed by atoms with Crippen molar-refractivity contribution in [1.29, 1.82) is 0 Å². The summed E-state index contributed by atoms with van der Waals surface area (Å²) in [4.78, 5) is 13.6. The number of benzene rings is 5. The van der Waals surface area contributed by atoms with Gasteiger partial charge in [-0.3, -0.25) is 4.79 Å². The van der Waals surface area contributed by atoms with Crippen molar-refractivity contribution < 1.29 is 26.4 Å². The zero-order valence-electron chi connectivity index (χ0n) is 23.1. The molecule has 5 nitrogen and oxygen atoms in total. The molecule has 9 heteroatoms. The van der Waals surface area contributed by atoms with E-state index in [2.05, 4.69) is 10.0 Å². The number of alkyl halides is 3. The third kappa shape index (κ3) is 5.91. The van der Waals surface area contributed by atoms with Crippen LogP contribution < -0.4 is 10.0 Å². The fourth-order valence-electron chi connectivity index (χ4n) is 5.67. The Bertz CT molecular complexity index is 1970. The number of halogens is 3. The topological polar surface area (TPSA) is 75.3 Å². The fraction of sp³-hybridized carbons (Fsp3) is 0.147. The number of amides is 1. The molecule has 0 saturated heterocycles. The average Bonchev–Trinajstić information content (AvgIpc) is 3.37. The van der Waals surface area contributed by atoms with Crippen LogP contribution in [-0.4, -0.2) is 20.4 Å². The van der Waals surface area contributed by atoms with Crippen molar-refractivity contribution >= 4 is 32.4 Å². The van der Waals surface area contributed by atoms with Crippen molar-refractivity contribution in [2.75, 3.05) is 5.32 Å². The largest absolute Gasteiger partial charge is 0.416 e. The number of hydrogen-bond acceptors (Lipinski definition) is 3. The Morgan fingerprint density at radius 3 is 2.26 bits per heavy atom. The maximum Gasteiger partial charge on any atom is 0.416 e. The molecule has 0 spiro atoms. The van der Waals surface area contributed by atoms with Gasteiger partial charge in [0.05, 0.1) is 10.5 Å². The van der Waals surface area contributed by atoms with Crippen LogP contribution in [0, 0.1) is 6.92 Å². The first-order chi connectivity index (χ1) is 20.5. The van der Waals surface area contributed by atoms with Crippen LogP contribution in [0.4, 0.5) is 18.9 Å². The molecule has 2 N–H and O–H groups in total. The van der Waals surface area contributed by atoms with E-state index in [0.29, 0.717) is 35.2 Å². The summed E-state index contributed by atoms with van der Waals surface area (Å²) < 4.78 is 68.4. The number of carbonyl (C=O) groups excluding carboxylic acids is 1. The summed E-state index contributed by atoms with van der Waals surface area (Å²) in [5.41, 5.74) is 3.85. The number of nitrogens with one attached hydrogen (secondary N) is 2. The smallest absolute Gasteiger partial charge is 0.322 e. The van der Waals surface area contributed by atoms with Crippen molar-refractivity contribution in [3.63, 3.8) is 0 Å². The maximum atomic E-state index is 13.4. The van der Waals surface area contributed by atoms with E-state index < -0.39 is 27.7 Å². The van der Waals surface area contributed by atoms with Gasteiger partial charge in [-0.25, -0.2) is 13.1 Å². The normalized spacial score (nSPS) is 14.9. The Labute approximate surface area is 247 Å². The molecule has 5 aromatic carbocycles. The van der Waals surface area contributed by atoms with Crippen molar-refractivity contribution in [3.8, 4) is 11.1 Å². The summed E-state index contributed by atoms with van der Waals surface area (Å²) in [5.74, 6) is -0.398. The minimum absolute atomic E-state index is 0.206. The van der Waals surface area contributed by atoms with E-state index in [1.165, 1.54) is 12.1 Å². The molecule has 1 atom stereocenters. The zero-order chi connectivity index (χ0) is 30.4. The molecule has 0 bridgehead atoms. The average molecular weight is 601 g/mol. The predicted molar refractivity (Wildman–Crippen MR) is 161 cm³/mol. The van der Waals surface area contributed by atoms with Crippen LogP contribution in [0.1, 0.15) is 32.6 Å². The molecule has 1 aliphatic rings. The van der Waals surface area contributed by atoms with Gasteiger partial charge in [0.15, 0.2) is 0 Å². The third-order valence-electron chi connectivity index (χ3n) is 7.77. The van der Waals surface area contributed by atoms with Crippen LogP contribution in [0.15, 0.2) is 108 Å². The first-order valence-corrected chi connectivity index (χ1v) is 15.2. The van der Waals surface area contributed by atoms with E-state index in [0.717, 1.165) is 39.6 Å². The predicted octanol–water partition coefficient (Wildman–Crippen LogP) is 7.53. The molecule has 0 fully saturated rings. The highest BCUT2D eigenvalue weighted by Crippen LogP contribution is 2.34. The van der Waals surface area contributed by atoms with E-state index in [-0.39, 0.29) is 10.9 Å². The van der Waals surface area contributed by atoms with Crippen LogP contribution in [0.3, 0.4) is 0 Å². The van der Waals surface area contributed by atoms with Gasteiger partial charge < -0.3 is 5.32 Å². The minimum Gasteiger partial charge on any atom is -0.322 e. The Morgan fingerprint density at radius 2 is 1.51 bits per heavy atom. The number of rotatable bonds is 6. The minimum atomic E-state index is -4.45. The lowest BCUT2D eigenvalue weighted by atomic mass is 9.93. The summed E-state index contributed by atoms with van der Waals surface area (Å²) in [6, 6.07) is 27.7. The zero-order valence-corrected chi connectivity index (χ0v) is 23.9. The van der Waals surface area contributed by atoms with Gasteiger partial charge in [-0.15, -0.1) is 0 Å². The van der Waals surface area contributed by atoms with Gasteiger partial charge in [-0.2, -0.15) is 13.2 Å². The second-order valence-corrected chi connectivity index (χ2v) is 12.5. The highest BCUT2D eigenvalue weighted by molar-refractivity contribution is 7.89. The monoisotopic (exact) mass is 600 g/mol. The van der Waals surface area contributed by atoms with E-state index in [1.807, 2.05) is 36.4 Å². The summed E-state index contributed by atoms with van der Waals surface area (Å²) >= 11 is 0. The number of fused-ring (bicyclic) bond motifs is 2. The number of hydrogen-bond donors (Lipinski definition) is 2. The summed E-state index contributed by atoms with van der Waals surface area (Å²) in [7, 11) is -3.75. The van der Waals surface area contributed by atoms with Crippen LogP contribution >= 0.6 is 0 Å². The molecule has 0 saturated carbocycles. The lowest BCUT2D eigenvalue weighted by Crippen LogP contribution is -2.35. The first-order valence-electron chi connectivity index (χ1n) is 13.7. The number of sulfonamides is 1.